The van der Waals surface area contributed by atoms with Crippen molar-refractivity contribution in [2.45, 2.75) is 13.3 Å². The number of aromatic nitrogens is 1. The third-order valence-corrected chi connectivity index (χ3v) is 3.70. The first-order valence-electron chi connectivity index (χ1n) is 5.86. The summed E-state index contributed by atoms with van der Waals surface area (Å²) in [5.74, 6) is 0.422. The Morgan fingerprint density at radius 2 is 2.33 bits per heavy atom. The Labute approximate surface area is 110 Å². The first-order chi connectivity index (χ1) is 8.69. The van der Waals surface area contributed by atoms with Crippen molar-refractivity contribution in [1.29, 1.82) is 0 Å². The summed E-state index contributed by atoms with van der Waals surface area (Å²) in [7, 11) is 3.42. The SMILES string of the molecule is CCCOC(=NC)c1cc2ccsc2n(C)c1=O. The average molecular weight is 264 g/mol. The van der Waals surface area contributed by atoms with Crippen molar-refractivity contribution >= 4 is 27.5 Å². The summed E-state index contributed by atoms with van der Waals surface area (Å²) in [6.07, 6.45) is 0.889. The van der Waals surface area contributed by atoms with E-state index in [0.717, 1.165) is 16.6 Å². The van der Waals surface area contributed by atoms with Gasteiger partial charge < -0.3 is 9.30 Å². The van der Waals surface area contributed by atoms with Crippen LogP contribution in [0.2, 0.25) is 0 Å². The Morgan fingerprint density at radius 1 is 1.56 bits per heavy atom. The van der Waals surface area contributed by atoms with Crippen molar-refractivity contribution < 1.29 is 4.74 Å². The van der Waals surface area contributed by atoms with Crippen LogP contribution in [-0.2, 0) is 11.8 Å². The van der Waals surface area contributed by atoms with Crippen molar-refractivity contribution in [3.8, 4) is 0 Å². The highest BCUT2D eigenvalue weighted by Crippen LogP contribution is 2.19. The largest absolute Gasteiger partial charge is 0.477 e. The fourth-order valence-corrected chi connectivity index (χ4v) is 2.65. The predicted molar refractivity (Wildman–Crippen MR) is 75.8 cm³/mol. The zero-order valence-corrected chi connectivity index (χ0v) is 11.6. The molecule has 0 fully saturated rings. The quantitative estimate of drug-likeness (QED) is 0.631. The van der Waals surface area contributed by atoms with Gasteiger partial charge in [-0.3, -0.25) is 9.79 Å². The Morgan fingerprint density at radius 3 is 3.00 bits per heavy atom. The van der Waals surface area contributed by atoms with Crippen molar-refractivity contribution in [2.75, 3.05) is 13.7 Å². The van der Waals surface area contributed by atoms with E-state index in [2.05, 4.69) is 4.99 Å². The lowest BCUT2D eigenvalue weighted by Gasteiger charge is -2.09. The molecule has 0 spiro atoms. The Bertz CT molecular complexity index is 640. The minimum absolute atomic E-state index is 0.0679. The van der Waals surface area contributed by atoms with E-state index in [0.29, 0.717) is 18.1 Å². The number of rotatable bonds is 3. The van der Waals surface area contributed by atoms with Crippen LogP contribution >= 0.6 is 11.3 Å². The van der Waals surface area contributed by atoms with Gasteiger partial charge in [0.25, 0.3) is 5.56 Å². The van der Waals surface area contributed by atoms with Gasteiger partial charge in [0.05, 0.1) is 6.61 Å². The number of ether oxygens (including phenoxy) is 1. The molecule has 0 atom stereocenters. The van der Waals surface area contributed by atoms with E-state index in [4.69, 9.17) is 4.74 Å². The predicted octanol–water partition coefficient (Wildman–Crippen LogP) is 2.40. The fraction of sp³-hybridized carbons (Fsp3) is 0.385. The van der Waals surface area contributed by atoms with Crippen molar-refractivity contribution in [2.24, 2.45) is 12.0 Å². The average Bonchev–Trinajstić information content (AvgIpc) is 2.84. The number of fused-ring (bicyclic) bond motifs is 1. The second-order valence-corrected chi connectivity index (χ2v) is 4.88. The maximum atomic E-state index is 12.3. The molecule has 0 saturated carbocycles. The van der Waals surface area contributed by atoms with Gasteiger partial charge in [0, 0.05) is 19.5 Å². The maximum absolute atomic E-state index is 12.3. The van der Waals surface area contributed by atoms with E-state index in [1.807, 2.05) is 24.4 Å². The van der Waals surface area contributed by atoms with E-state index >= 15 is 0 Å². The summed E-state index contributed by atoms with van der Waals surface area (Å²) in [5.41, 5.74) is 0.459. The summed E-state index contributed by atoms with van der Waals surface area (Å²) in [5, 5.41) is 3.02. The molecule has 0 aliphatic heterocycles. The molecule has 2 aromatic heterocycles. The molecule has 5 heteroatoms. The maximum Gasteiger partial charge on any atom is 0.264 e. The Hall–Kier alpha value is -1.62. The molecule has 2 heterocycles. The molecule has 2 aromatic rings. The van der Waals surface area contributed by atoms with Crippen LogP contribution in [0.3, 0.4) is 0 Å². The number of aliphatic imine (C=N–C) groups is 1. The van der Waals surface area contributed by atoms with E-state index in [9.17, 15) is 4.79 Å². The van der Waals surface area contributed by atoms with Gasteiger partial charge in [-0.2, -0.15) is 0 Å². The molecule has 0 radical (unpaired) electrons. The van der Waals surface area contributed by atoms with E-state index in [1.165, 1.54) is 0 Å². The zero-order chi connectivity index (χ0) is 13.1. The number of aryl methyl sites for hydroxylation is 1. The molecule has 96 valence electrons. The first-order valence-corrected chi connectivity index (χ1v) is 6.74. The summed E-state index contributed by atoms with van der Waals surface area (Å²) < 4.78 is 7.18. The highest BCUT2D eigenvalue weighted by Gasteiger charge is 2.13. The van der Waals surface area contributed by atoms with Crippen molar-refractivity contribution in [3.05, 3.63) is 33.4 Å². The fourth-order valence-electron chi connectivity index (χ4n) is 1.80. The lowest BCUT2D eigenvalue weighted by atomic mass is 10.2. The van der Waals surface area contributed by atoms with E-state index < -0.39 is 0 Å². The standard InChI is InChI=1S/C13H16N2O2S/c1-4-6-17-11(14-2)10-8-9-5-7-18-13(9)15(3)12(10)16/h5,7-8H,4,6H2,1-3H3. The van der Waals surface area contributed by atoms with Crippen LogP contribution in [0.15, 0.2) is 27.3 Å². The Balaban J connectivity index is 2.56. The lowest BCUT2D eigenvalue weighted by Crippen LogP contribution is -2.25. The van der Waals surface area contributed by atoms with Crippen LogP contribution in [0, 0.1) is 0 Å². The highest BCUT2D eigenvalue weighted by molar-refractivity contribution is 7.16. The molecule has 2 rings (SSSR count). The molecule has 0 bridgehead atoms. The smallest absolute Gasteiger partial charge is 0.264 e. The van der Waals surface area contributed by atoms with Crippen LogP contribution in [0.5, 0.6) is 0 Å². The monoisotopic (exact) mass is 264 g/mol. The van der Waals surface area contributed by atoms with Crippen LogP contribution in [0.25, 0.3) is 10.2 Å². The molecular formula is C13H16N2O2S. The van der Waals surface area contributed by atoms with E-state index in [1.54, 1.807) is 30.0 Å². The second kappa shape index (κ2) is 5.35. The van der Waals surface area contributed by atoms with Gasteiger partial charge in [0.1, 0.15) is 10.4 Å². The third kappa shape index (κ3) is 2.18. The normalized spacial score (nSPS) is 12.1. The minimum atomic E-state index is -0.0679. The van der Waals surface area contributed by atoms with Gasteiger partial charge in [-0.1, -0.05) is 6.92 Å². The molecule has 4 nitrogen and oxygen atoms in total. The number of nitrogens with zero attached hydrogens (tertiary/aromatic N) is 2. The lowest BCUT2D eigenvalue weighted by molar-refractivity contribution is 0.305. The van der Waals surface area contributed by atoms with Crippen LogP contribution in [0.4, 0.5) is 0 Å². The van der Waals surface area contributed by atoms with Gasteiger partial charge in [-0.05, 0) is 23.9 Å². The minimum Gasteiger partial charge on any atom is -0.477 e. The van der Waals surface area contributed by atoms with Crippen LogP contribution in [-0.4, -0.2) is 24.1 Å². The highest BCUT2D eigenvalue weighted by atomic mass is 32.1. The molecule has 0 aliphatic rings. The van der Waals surface area contributed by atoms with Crippen LogP contribution in [0.1, 0.15) is 18.9 Å². The molecule has 0 aliphatic carbocycles. The Kier molecular flexibility index (Phi) is 3.81. The molecule has 18 heavy (non-hydrogen) atoms. The summed E-state index contributed by atoms with van der Waals surface area (Å²) >= 11 is 1.56. The van der Waals surface area contributed by atoms with Crippen LogP contribution < -0.4 is 5.56 Å². The first kappa shape index (κ1) is 12.8. The summed E-state index contributed by atoms with van der Waals surface area (Å²) in [6.45, 7) is 2.59. The molecule has 0 saturated heterocycles. The molecular weight excluding hydrogens is 248 g/mol. The van der Waals surface area contributed by atoms with Gasteiger partial charge in [0.2, 0.25) is 5.90 Å². The van der Waals surface area contributed by atoms with Gasteiger partial charge in [-0.15, -0.1) is 11.3 Å². The van der Waals surface area contributed by atoms with E-state index in [-0.39, 0.29) is 5.56 Å². The zero-order valence-electron chi connectivity index (χ0n) is 10.8. The third-order valence-electron chi connectivity index (χ3n) is 2.69. The number of thiophene rings is 1. The molecule has 0 N–H and O–H groups in total. The number of pyridine rings is 1. The van der Waals surface area contributed by atoms with Gasteiger partial charge >= 0.3 is 0 Å². The van der Waals surface area contributed by atoms with Gasteiger partial charge in [-0.25, -0.2) is 0 Å². The topological polar surface area (TPSA) is 43.6 Å². The molecule has 0 unspecified atom stereocenters. The second-order valence-electron chi connectivity index (χ2n) is 3.98. The summed E-state index contributed by atoms with van der Waals surface area (Å²) in [6, 6.07) is 3.85. The molecule has 0 amide bonds. The van der Waals surface area contributed by atoms with Gasteiger partial charge in [0.15, 0.2) is 0 Å². The van der Waals surface area contributed by atoms with Crippen molar-refractivity contribution in [3.63, 3.8) is 0 Å². The number of hydrogen-bond donors (Lipinski definition) is 0. The summed E-state index contributed by atoms with van der Waals surface area (Å²) in [4.78, 5) is 17.3. The molecule has 0 aromatic carbocycles. The van der Waals surface area contributed by atoms with Crippen molar-refractivity contribution in [1.82, 2.24) is 4.57 Å². The number of hydrogen-bond acceptors (Lipinski definition) is 4.